The molecular weight excluding hydrogens is 372 g/mol. The maximum atomic E-state index is 12.5. The monoisotopic (exact) mass is 400 g/mol. The predicted octanol–water partition coefficient (Wildman–Crippen LogP) is 1.53. The molecule has 1 aromatic heterocycles. The van der Waals surface area contributed by atoms with Gasteiger partial charge in [-0.2, -0.15) is 0 Å². The summed E-state index contributed by atoms with van der Waals surface area (Å²) in [4.78, 5) is 29.2. The molecule has 8 heteroatoms. The van der Waals surface area contributed by atoms with Gasteiger partial charge >= 0.3 is 0 Å². The van der Waals surface area contributed by atoms with Crippen LogP contribution in [0.3, 0.4) is 0 Å². The van der Waals surface area contributed by atoms with Crippen molar-refractivity contribution < 1.29 is 18.7 Å². The van der Waals surface area contributed by atoms with Crippen LogP contribution in [-0.4, -0.2) is 80.6 Å². The van der Waals surface area contributed by atoms with Gasteiger partial charge in [-0.3, -0.25) is 19.4 Å². The fourth-order valence-corrected chi connectivity index (χ4v) is 3.94. The number of anilines is 1. The van der Waals surface area contributed by atoms with Crippen LogP contribution in [0.25, 0.3) is 11.0 Å². The minimum atomic E-state index is -0.229. The number of rotatable bonds is 6. The third-order valence-corrected chi connectivity index (χ3v) is 5.65. The second kappa shape index (κ2) is 8.94. The molecule has 0 bridgehead atoms. The van der Waals surface area contributed by atoms with Crippen molar-refractivity contribution in [2.75, 3.05) is 58.3 Å². The standard InChI is InChI=1S/C21H28N4O4/c1-24-7-2-3-17(24)20(26)23-16-4-5-18-15(13-16)14-19(29-18)21(27)22-6-8-25-9-11-28-12-10-25/h4-5,13-14,17H,2-3,6-12H2,1H3,(H,22,27)(H,23,26)/t17-/m0/s1. The summed E-state index contributed by atoms with van der Waals surface area (Å²) in [5, 5.41) is 6.68. The number of amides is 2. The molecule has 0 radical (unpaired) electrons. The van der Waals surface area contributed by atoms with Crippen LogP contribution in [0.4, 0.5) is 5.69 Å². The first kappa shape index (κ1) is 19.9. The quantitative estimate of drug-likeness (QED) is 0.765. The fourth-order valence-electron chi connectivity index (χ4n) is 3.94. The molecule has 1 aromatic carbocycles. The molecule has 0 aliphatic carbocycles. The number of hydrogen-bond donors (Lipinski definition) is 2. The largest absolute Gasteiger partial charge is 0.451 e. The zero-order valence-electron chi connectivity index (χ0n) is 16.8. The van der Waals surface area contributed by atoms with E-state index >= 15 is 0 Å². The summed E-state index contributed by atoms with van der Waals surface area (Å²) in [6.45, 7) is 5.58. The van der Waals surface area contributed by atoms with Crippen molar-refractivity contribution in [3.05, 3.63) is 30.0 Å². The Morgan fingerprint density at radius 3 is 2.76 bits per heavy atom. The molecule has 29 heavy (non-hydrogen) atoms. The van der Waals surface area contributed by atoms with Gasteiger partial charge < -0.3 is 19.8 Å². The van der Waals surface area contributed by atoms with Crippen molar-refractivity contribution in [2.24, 2.45) is 0 Å². The number of nitrogens with zero attached hydrogens (tertiary/aromatic N) is 2. The second-order valence-electron chi connectivity index (χ2n) is 7.70. The Hall–Kier alpha value is -2.42. The smallest absolute Gasteiger partial charge is 0.287 e. The second-order valence-corrected chi connectivity index (χ2v) is 7.70. The molecule has 1 atom stereocenters. The van der Waals surface area contributed by atoms with Crippen LogP contribution in [0.1, 0.15) is 23.4 Å². The van der Waals surface area contributed by atoms with Gasteiger partial charge in [-0.05, 0) is 50.7 Å². The van der Waals surface area contributed by atoms with E-state index in [1.165, 1.54) is 0 Å². The third kappa shape index (κ3) is 4.77. The zero-order chi connectivity index (χ0) is 20.2. The third-order valence-electron chi connectivity index (χ3n) is 5.65. The maximum absolute atomic E-state index is 12.5. The van der Waals surface area contributed by atoms with E-state index < -0.39 is 0 Å². The van der Waals surface area contributed by atoms with Crippen molar-refractivity contribution in [2.45, 2.75) is 18.9 Å². The lowest BCUT2D eigenvalue weighted by Crippen LogP contribution is -2.41. The van der Waals surface area contributed by atoms with E-state index in [2.05, 4.69) is 20.4 Å². The van der Waals surface area contributed by atoms with Gasteiger partial charge in [0.05, 0.1) is 19.3 Å². The van der Waals surface area contributed by atoms with E-state index in [-0.39, 0.29) is 23.6 Å². The first-order chi connectivity index (χ1) is 14.1. The predicted molar refractivity (Wildman–Crippen MR) is 110 cm³/mol. The molecule has 2 N–H and O–H groups in total. The van der Waals surface area contributed by atoms with Crippen molar-refractivity contribution in [3.63, 3.8) is 0 Å². The van der Waals surface area contributed by atoms with Gasteiger partial charge in [-0.15, -0.1) is 0 Å². The Bertz CT molecular complexity index is 875. The molecule has 2 amide bonds. The number of likely N-dealkylation sites (N-methyl/N-ethyl adjacent to an activating group) is 1. The van der Waals surface area contributed by atoms with E-state index in [1.807, 2.05) is 13.1 Å². The number of benzene rings is 1. The highest BCUT2D eigenvalue weighted by atomic mass is 16.5. The average Bonchev–Trinajstić information content (AvgIpc) is 3.34. The number of fused-ring (bicyclic) bond motifs is 1. The Morgan fingerprint density at radius 2 is 2.00 bits per heavy atom. The van der Waals surface area contributed by atoms with Gasteiger partial charge in [0, 0.05) is 37.3 Å². The minimum absolute atomic E-state index is 0.00826. The molecule has 2 aliphatic rings. The number of morpholine rings is 1. The van der Waals surface area contributed by atoms with Crippen LogP contribution in [0.2, 0.25) is 0 Å². The summed E-state index contributed by atoms with van der Waals surface area (Å²) in [6.07, 6.45) is 1.92. The SMILES string of the molecule is CN1CCC[C@H]1C(=O)Nc1ccc2oc(C(=O)NCCN3CCOCC3)cc2c1. The maximum Gasteiger partial charge on any atom is 0.287 e. The molecule has 2 aliphatic heterocycles. The molecule has 0 spiro atoms. The highest BCUT2D eigenvalue weighted by Crippen LogP contribution is 2.24. The number of carbonyl (C=O) groups excluding carboxylic acids is 2. The number of furan rings is 1. The lowest BCUT2D eigenvalue weighted by molar-refractivity contribution is -0.119. The summed E-state index contributed by atoms with van der Waals surface area (Å²) < 4.78 is 11.0. The summed E-state index contributed by atoms with van der Waals surface area (Å²) in [7, 11) is 1.97. The van der Waals surface area contributed by atoms with Crippen LogP contribution >= 0.6 is 0 Å². The van der Waals surface area contributed by atoms with Gasteiger partial charge in [-0.25, -0.2) is 0 Å². The summed E-state index contributed by atoms with van der Waals surface area (Å²) in [5.41, 5.74) is 1.34. The van der Waals surface area contributed by atoms with Crippen LogP contribution in [0.15, 0.2) is 28.7 Å². The first-order valence-electron chi connectivity index (χ1n) is 10.2. The van der Waals surface area contributed by atoms with Crippen molar-refractivity contribution >= 4 is 28.5 Å². The zero-order valence-corrected chi connectivity index (χ0v) is 16.8. The van der Waals surface area contributed by atoms with Gasteiger partial charge in [0.2, 0.25) is 5.91 Å². The van der Waals surface area contributed by atoms with Crippen molar-refractivity contribution in [3.8, 4) is 0 Å². The fraction of sp³-hybridized carbons (Fsp3) is 0.524. The number of ether oxygens (including phenoxy) is 1. The molecule has 2 aromatic rings. The normalized spacial score (nSPS) is 20.8. The molecule has 8 nitrogen and oxygen atoms in total. The van der Waals surface area contributed by atoms with Gasteiger partial charge in [-0.1, -0.05) is 0 Å². The summed E-state index contributed by atoms with van der Waals surface area (Å²) in [5.74, 6) is 0.0579. The number of carbonyl (C=O) groups is 2. The summed E-state index contributed by atoms with van der Waals surface area (Å²) >= 11 is 0. The Morgan fingerprint density at radius 1 is 1.17 bits per heavy atom. The summed E-state index contributed by atoms with van der Waals surface area (Å²) in [6, 6.07) is 7.07. The molecule has 2 fully saturated rings. The lowest BCUT2D eigenvalue weighted by atomic mass is 10.2. The Kier molecular flexibility index (Phi) is 6.13. The number of likely N-dealkylation sites (tertiary alicyclic amines) is 1. The molecule has 0 unspecified atom stereocenters. The first-order valence-corrected chi connectivity index (χ1v) is 10.2. The van der Waals surface area contributed by atoms with Crippen LogP contribution < -0.4 is 10.6 Å². The Labute approximate surface area is 170 Å². The minimum Gasteiger partial charge on any atom is -0.451 e. The van der Waals surface area contributed by atoms with E-state index in [9.17, 15) is 9.59 Å². The molecule has 0 saturated carbocycles. The molecule has 3 heterocycles. The Balaban J connectivity index is 1.34. The van der Waals surface area contributed by atoms with Crippen LogP contribution in [0, 0.1) is 0 Å². The van der Waals surface area contributed by atoms with E-state index in [4.69, 9.17) is 9.15 Å². The van der Waals surface area contributed by atoms with Crippen LogP contribution in [0.5, 0.6) is 0 Å². The average molecular weight is 400 g/mol. The molecule has 4 rings (SSSR count). The van der Waals surface area contributed by atoms with Crippen molar-refractivity contribution in [1.29, 1.82) is 0 Å². The van der Waals surface area contributed by atoms with E-state index in [1.54, 1.807) is 18.2 Å². The molecular formula is C21H28N4O4. The van der Waals surface area contributed by atoms with E-state index in [0.29, 0.717) is 17.8 Å². The van der Waals surface area contributed by atoms with Gasteiger partial charge in [0.15, 0.2) is 5.76 Å². The van der Waals surface area contributed by atoms with Gasteiger partial charge in [0.25, 0.3) is 5.91 Å². The highest BCUT2D eigenvalue weighted by Gasteiger charge is 2.27. The number of nitrogens with one attached hydrogen (secondary N) is 2. The number of hydrogen-bond acceptors (Lipinski definition) is 6. The lowest BCUT2D eigenvalue weighted by Gasteiger charge is -2.26. The van der Waals surface area contributed by atoms with Crippen molar-refractivity contribution in [1.82, 2.24) is 15.1 Å². The van der Waals surface area contributed by atoms with Gasteiger partial charge in [0.1, 0.15) is 5.58 Å². The van der Waals surface area contributed by atoms with Crippen LogP contribution in [-0.2, 0) is 9.53 Å². The highest BCUT2D eigenvalue weighted by molar-refractivity contribution is 5.99. The topological polar surface area (TPSA) is 87.0 Å². The molecule has 156 valence electrons. The molecule has 2 saturated heterocycles. The van der Waals surface area contributed by atoms with E-state index in [0.717, 1.165) is 57.6 Å².